The van der Waals surface area contributed by atoms with Crippen LogP contribution >= 0.6 is 24.0 Å². The van der Waals surface area contributed by atoms with Crippen LogP contribution in [0, 0.1) is 0 Å². The summed E-state index contributed by atoms with van der Waals surface area (Å²) in [5.74, 6) is -0.590. The number of benzene rings is 3. The van der Waals surface area contributed by atoms with E-state index >= 15 is 0 Å². The third-order valence-electron chi connectivity index (χ3n) is 5.36. The summed E-state index contributed by atoms with van der Waals surface area (Å²) in [5.41, 5.74) is 1.43. The summed E-state index contributed by atoms with van der Waals surface area (Å²) >= 11 is 5.75. The number of para-hydroxylation sites is 1. The predicted octanol–water partition coefficient (Wildman–Crippen LogP) is 6.77. The normalized spacial score (nSPS) is 12.2. The SMILES string of the molecule is Cl.O=C(Nc1ccc(Cl)cc1C(F)(F)F)C(NCCc1c[nH]c2ccccc12)c1ccccc1. The number of carbonyl (C=O) groups is 1. The molecule has 3 N–H and O–H groups in total. The highest BCUT2D eigenvalue weighted by Crippen LogP contribution is 2.36. The molecule has 1 atom stereocenters. The van der Waals surface area contributed by atoms with Gasteiger partial charge in [0.1, 0.15) is 6.04 Å². The van der Waals surface area contributed by atoms with Crippen LogP contribution in [-0.2, 0) is 17.4 Å². The highest BCUT2D eigenvalue weighted by Gasteiger charge is 2.35. The van der Waals surface area contributed by atoms with Gasteiger partial charge in [0.05, 0.1) is 11.3 Å². The summed E-state index contributed by atoms with van der Waals surface area (Å²) in [6, 6.07) is 19.2. The van der Waals surface area contributed by atoms with Crippen LogP contribution in [0.1, 0.15) is 22.7 Å². The van der Waals surface area contributed by atoms with Crippen LogP contribution in [0.2, 0.25) is 5.02 Å². The molecule has 34 heavy (non-hydrogen) atoms. The first-order valence-corrected chi connectivity index (χ1v) is 10.7. The molecule has 1 amide bonds. The lowest BCUT2D eigenvalue weighted by Crippen LogP contribution is -2.34. The van der Waals surface area contributed by atoms with Crippen LogP contribution < -0.4 is 10.6 Å². The van der Waals surface area contributed by atoms with E-state index in [-0.39, 0.29) is 23.1 Å². The van der Waals surface area contributed by atoms with Gasteiger partial charge in [-0.1, -0.05) is 60.1 Å². The molecule has 4 rings (SSSR count). The highest BCUT2D eigenvalue weighted by atomic mass is 35.5. The van der Waals surface area contributed by atoms with E-state index in [0.717, 1.165) is 28.6 Å². The molecule has 0 aliphatic heterocycles. The zero-order chi connectivity index (χ0) is 23.4. The number of fused-ring (bicyclic) bond motifs is 1. The van der Waals surface area contributed by atoms with Crippen molar-refractivity contribution in [2.24, 2.45) is 0 Å². The zero-order valence-corrected chi connectivity index (χ0v) is 19.4. The van der Waals surface area contributed by atoms with Gasteiger partial charge in [0.25, 0.3) is 0 Å². The maximum absolute atomic E-state index is 13.5. The molecule has 0 saturated heterocycles. The Balaban J connectivity index is 0.00000324. The molecule has 0 radical (unpaired) electrons. The maximum atomic E-state index is 13.5. The molecule has 4 aromatic rings. The summed E-state index contributed by atoms with van der Waals surface area (Å²) in [6.07, 6.45) is -2.10. The third-order valence-corrected chi connectivity index (χ3v) is 5.59. The Morgan fingerprint density at radius 3 is 2.44 bits per heavy atom. The number of aromatic amines is 1. The fraction of sp³-hybridized carbons (Fsp3) is 0.160. The van der Waals surface area contributed by atoms with Crippen molar-refractivity contribution in [2.45, 2.75) is 18.6 Å². The summed E-state index contributed by atoms with van der Waals surface area (Å²) in [6.45, 7) is 0.446. The number of aromatic nitrogens is 1. The van der Waals surface area contributed by atoms with Crippen molar-refractivity contribution in [1.82, 2.24) is 10.3 Å². The van der Waals surface area contributed by atoms with E-state index in [0.29, 0.717) is 18.5 Å². The van der Waals surface area contributed by atoms with Gasteiger partial charge in [-0.25, -0.2) is 0 Å². The van der Waals surface area contributed by atoms with Crippen LogP contribution in [0.3, 0.4) is 0 Å². The van der Waals surface area contributed by atoms with Crippen LogP contribution in [0.5, 0.6) is 0 Å². The van der Waals surface area contributed by atoms with Crippen LogP contribution in [0.25, 0.3) is 10.9 Å². The second-order valence-electron chi connectivity index (χ2n) is 7.58. The Kier molecular flexibility index (Phi) is 8.25. The third kappa shape index (κ3) is 5.91. The lowest BCUT2D eigenvalue weighted by atomic mass is 10.0. The highest BCUT2D eigenvalue weighted by molar-refractivity contribution is 6.30. The van der Waals surface area contributed by atoms with E-state index in [1.807, 2.05) is 36.5 Å². The molecule has 0 bridgehead atoms. The fourth-order valence-corrected chi connectivity index (χ4v) is 3.93. The standard InChI is InChI=1S/C25H21ClF3N3O.ClH/c26-18-10-11-22(20(14-18)25(27,28)29)32-24(33)23(16-6-2-1-3-7-16)30-13-12-17-15-31-21-9-5-4-8-19(17)21;/h1-11,14-15,23,30-31H,12-13H2,(H,32,33);1H. The molecule has 0 fully saturated rings. The van der Waals surface area contributed by atoms with Crippen LogP contribution in [0.15, 0.2) is 79.0 Å². The Bertz CT molecular complexity index is 1260. The Hall–Kier alpha value is -3.00. The van der Waals surface area contributed by atoms with Crippen molar-refractivity contribution in [3.63, 3.8) is 0 Å². The number of halogens is 5. The molecule has 0 aliphatic carbocycles. The van der Waals surface area contributed by atoms with E-state index in [1.54, 1.807) is 24.3 Å². The Morgan fingerprint density at radius 1 is 1.00 bits per heavy atom. The summed E-state index contributed by atoms with van der Waals surface area (Å²) in [7, 11) is 0. The second-order valence-corrected chi connectivity index (χ2v) is 8.02. The van der Waals surface area contributed by atoms with Gasteiger partial charge < -0.3 is 15.6 Å². The van der Waals surface area contributed by atoms with Crippen molar-refractivity contribution in [3.05, 3.63) is 101 Å². The van der Waals surface area contributed by atoms with E-state index in [1.165, 1.54) is 6.07 Å². The van der Waals surface area contributed by atoms with Gasteiger partial charge in [-0.05, 0) is 41.8 Å². The number of hydrogen-bond acceptors (Lipinski definition) is 2. The van der Waals surface area contributed by atoms with Gasteiger partial charge in [-0.15, -0.1) is 12.4 Å². The minimum Gasteiger partial charge on any atom is -0.361 e. The molecule has 0 aliphatic rings. The largest absolute Gasteiger partial charge is 0.418 e. The van der Waals surface area contributed by atoms with Crippen molar-refractivity contribution in [2.75, 3.05) is 11.9 Å². The molecule has 1 unspecified atom stereocenters. The van der Waals surface area contributed by atoms with Crippen molar-refractivity contribution in [1.29, 1.82) is 0 Å². The zero-order valence-electron chi connectivity index (χ0n) is 17.8. The van der Waals surface area contributed by atoms with E-state index < -0.39 is 23.7 Å². The molecular weight excluding hydrogens is 486 g/mol. The van der Waals surface area contributed by atoms with E-state index in [4.69, 9.17) is 11.6 Å². The predicted molar refractivity (Wildman–Crippen MR) is 132 cm³/mol. The number of anilines is 1. The lowest BCUT2D eigenvalue weighted by molar-refractivity contribution is -0.137. The van der Waals surface area contributed by atoms with Gasteiger partial charge in [-0.2, -0.15) is 13.2 Å². The topological polar surface area (TPSA) is 56.9 Å². The number of amides is 1. The molecule has 3 aromatic carbocycles. The van der Waals surface area contributed by atoms with Gasteiger partial charge in [-0.3, -0.25) is 4.79 Å². The first kappa shape index (κ1) is 25.6. The number of hydrogen-bond donors (Lipinski definition) is 3. The van der Waals surface area contributed by atoms with E-state index in [2.05, 4.69) is 15.6 Å². The minimum absolute atomic E-state index is 0. The van der Waals surface area contributed by atoms with Gasteiger partial charge in [0, 0.05) is 28.7 Å². The van der Waals surface area contributed by atoms with Crippen molar-refractivity contribution in [3.8, 4) is 0 Å². The average molecular weight is 508 g/mol. The summed E-state index contributed by atoms with van der Waals surface area (Å²) < 4.78 is 40.4. The first-order chi connectivity index (χ1) is 15.8. The summed E-state index contributed by atoms with van der Waals surface area (Å²) in [5, 5.41) is 6.66. The van der Waals surface area contributed by atoms with Crippen LogP contribution in [0.4, 0.5) is 18.9 Å². The smallest absolute Gasteiger partial charge is 0.361 e. The molecule has 9 heteroatoms. The van der Waals surface area contributed by atoms with Crippen LogP contribution in [-0.4, -0.2) is 17.4 Å². The number of nitrogens with one attached hydrogen (secondary N) is 3. The molecule has 0 spiro atoms. The molecule has 1 aromatic heterocycles. The number of carbonyl (C=O) groups excluding carboxylic acids is 1. The number of alkyl halides is 3. The van der Waals surface area contributed by atoms with Crippen molar-refractivity contribution >= 4 is 46.5 Å². The monoisotopic (exact) mass is 507 g/mol. The Morgan fingerprint density at radius 2 is 1.71 bits per heavy atom. The first-order valence-electron chi connectivity index (χ1n) is 10.3. The summed E-state index contributed by atoms with van der Waals surface area (Å²) in [4.78, 5) is 16.3. The number of rotatable bonds is 7. The molecule has 0 saturated carbocycles. The minimum atomic E-state index is -4.65. The lowest BCUT2D eigenvalue weighted by Gasteiger charge is -2.21. The van der Waals surface area contributed by atoms with Crippen molar-refractivity contribution < 1.29 is 18.0 Å². The maximum Gasteiger partial charge on any atom is 0.418 e. The quantitative estimate of drug-likeness (QED) is 0.258. The van der Waals surface area contributed by atoms with Gasteiger partial charge in [0.15, 0.2) is 0 Å². The molecule has 1 heterocycles. The number of H-pyrrole nitrogens is 1. The Labute approximate surface area is 205 Å². The molecule has 4 nitrogen and oxygen atoms in total. The van der Waals surface area contributed by atoms with Gasteiger partial charge >= 0.3 is 6.18 Å². The average Bonchev–Trinajstić information content (AvgIpc) is 3.21. The second kappa shape index (κ2) is 11.0. The molecule has 178 valence electrons. The van der Waals surface area contributed by atoms with Gasteiger partial charge in [0.2, 0.25) is 5.91 Å². The fourth-order valence-electron chi connectivity index (χ4n) is 3.76. The van der Waals surface area contributed by atoms with E-state index in [9.17, 15) is 18.0 Å². The molecular formula is C25H22Cl2F3N3O.